The number of rotatable bonds is 5. The zero-order valence-corrected chi connectivity index (χ0v) is 16.1. The Morgan fingerprint density at radius 1 is 1.25 bits per heavy atom. The summed E-state index contributed by atoms with van der Waals surface area (Å²) in [6.07, 6.45) is 6.52. The molecule has 9 heteroatoms. The third-order valence-electron chi connectivity index (χ3n) is 4.01. The van der Waals surface area contributed by atoms with Crippen LogP contribution in [0.1, 0.15) is 12.2 Å². The van der Waals surface area contributed by atoms with E-state index in [0.717, 1.165) is 5.52 Å². The smallest absolute Gasteiger partial charge is 0.266 e. The Morgan fingerprint density at radius 2 is 2.07 bits per heavy atom. The van der Waals surface area contributed by atoms with Crippen LogP contribution in [0.4, 0.5) is 5.69 Å². The average molecular weight is 410 g/mol. The predicted molar refractivity (Wildman–Crippen MR) is 111 cm³/mol. The van der Waals surface area contributed by atoms with Crippen molar-refractivity contribution < 1.29 is 14.0 Å². The summed E-state index contributed by atoms with van der Waals surface area (Å²) in [7, 11) is 0. The first-order valence-electron chi connectivity index (χ1n) is 8.40. The van der Waals surface area contributed by atoms with Crippen LogP contribution in [-0.4, -0.2) is 37.5 Å². The molecular formula is C19H14N4O3S2. The molecule has 2 amide bonds. The maximum absolute atomic E-state index is 12.5. The summed E-state index contributed by atoms with van der Waals surface area (Å²) < 4.78 is 5.66. The van der Waals surface area contributed by atoms with E-state index in [2.05, 4.69) is 15.3 Å². The van der Waals surface area contributed by atoms with Crippen LogP contribution < -0.4 is 5.32 Å². The number of thiocarbonyl (C=S) groups is 1. The van der Waals surface area contributed by atoms with E-state index in [1.807, 2.05) is 0 Å². The first kappa shape index (κ1) is 18.3. The highest BCUT2D eigenvalue weighted by Gasteiger charge is 2.32. The lowest BCUT2D eigenvalue weighted by Gasteiger charge is -2.14. The maximum Gasteiger partial charge on any atom is 0.266 e. The minimum absolute atomic E-state index is 0.124. The highest BCUT2D eigenvalue weighted by molar-refractivity contribution is 8.26. The summed E-state index contributed by atoms with van der Waals surface area (Å²) in [5.41, 5.74) is 2.07. The molecule has 2 aromatic heterocycles. The van der Waals surface area contributed by atoms with Gasteiger partial charge in [0.2, 0.25) is 5.91 Å². The fourth-order valence-electron chi connectivity index (χ4n) is 2.67. The van der Waals surface area contributed by atoms with E-state index in [9.17, 15) is 9.59 Å². The molecule has 1 aliphatic rings. The molecule has 1 fully saturated rings. The number of anilines is 1. The van der Waals surface area contributed by atoms with Gasteiger partial charge in [-0.1, -0.05) is 24.0 Å². The summed E-state index contributed by atoms with van der Waals surface area (Å²) in [6.45, 7) is 0.208. The van der Waals surface area contributed by atoms with Crippen molar-refractivity contribution >= 4 is 62.9 Å². The summed E-state index contributed by atoms with van der Waals surface area (Å²) in [5, 5.41) is 2.81. The monoisotopic (exact) mass is 410 g/mol. The van der Waals surface area contributed by atoms with Crippen molar-refractivity contribution in [1.29, 1.82) is 0 Å². The van der Waals surface area contributed by atoms with E-state index in [1.165, 1.54) is 22.9 Å². The lowest BCUT2D eigenvalue weighted by Crippen LogP contribution is -2.31. The molecule has 0 bridgehead atoms. The molecule has 140 valence electrons. The molecule has 1 aromatic carbocycles. The molecule has 0 atom stereocenters. The van der Waals surface area contributed by atoms with Gasteiger partial charge in [-0.15, -0.1) is 0 Å². The minimum atomic E-state index is -0.222. The number of nitrogens with zero attached hydrogens (tertiary/aromatic N) is 3. The van der Waals surface area contributed by atoms with Crippen molar-refractivity contribution in [3.63, 3.8) is 0 Å². The summed E-state index contributed by atoms with van der Waals surface area (Å²) in [6, 6.07) is 8.81. The Kier molecular flexibility index (Phi) is 5.18. The molecule has 0 radical (unpaired) electrons. The highest BCUT2D eigenvalue weighted by Crippen LogP contribution is 2.32. The number of benzene rings is 1. The van der Waals surface area contributed by atoms with Crippen molar-refractivity contribution in [2.75, 3.05) is 11.9 Å². The summed E-state index contributed by atoms with van der Waals surface area (Å²) >= 11 is 6.47. The molecule has 0 aliphatic carbocycles. The third kappa shape index (κ3) is 3.95. The Hall–Kier alpha value is -3.04. The first-order valence-corrected chi connectivity index (χ1v) is 9.62. The molecule has 3 heterocycles. The Morgan fingerprint density at radius 3 is 2.86 bits per heavy atom. The molecule has 1 N–H and O–H groups in total. The maximum atomic E-state index is 12.5. The molecule has 7 nitrogen and oxygen atoms in total. The number of fused-ring (bicyclic) bond motifs is 1. The van der Waals surface area contributed by atoms with Gasteiger partial charge in [0.05, 0.1) is 22.2 Å². The van der Waals surface area contributed by atoms with Gasteiger partial charge in [-0.25, -0.2) is 0 Å². The molecule has 0 spiro atoms. The van der Waals surface area contributed by atoms with Crippen LogP contribution in [0.2, 0.25) is 0 Å². The number of nitrogens with one attached hydrogen (secondary N) is 1. The van der Waals surface area contributed by atoms with E-state index in [-0.39, 0.29) is 24.8 Å². The van der Waals surface area contributed by atoms with Crippen LogP contribution in [0.25, 0.3) is 17.1 Å². The second kappa shape index (κ2) is 7.91. The van der Waals surface area contributed by atoms with Gasteiger partial charge in [-0.3, -0.25) is 24.5 Å². The number of thioether (sulfide) groups is 1. The lowest BCUT2D eigenvalue weighted by atomic mass is 10.2. The van der Waals surface area contributed by atoms with Crippen molar-refractivity contribution in [2.45, 2.75) is 6.42 Å². The van der Waals surface area contributed by atoms with E-state index in [1.54, 1.807) is 48.8 Å². The van der Waals surface area contributed by atoms with Gasteiger partial charge in [0.1, 0.15) is 10.1 Å². The van der Waals surface area contributed by atoms with Crippen LogP contribution in [0.15, 0.2) is 58.3 Å². The van der Waals surface area contributed by atoms with Crippen LogP contribution >= 0.6 is 24.0 Å². The van der Waals surface area contributed by atoms with Crippen LogP contribution in [-0.2, 0) is 9.59 Å². The number of hydrogen-bond acceptors (Lipinski definition) is 7. The molecule has 28 heavy (non-hydrogen) atoms. The normalized spacial score (nSPS) is 15.6. The van der Waals surface area contributed by atoms with Crippen molar-refractivity contribution in [3.8, 4) is 0 Å². The Balaban J connectivity index is 1.37. The Labute approximate surface area is 169 Å². The zero-order chi connectivity index (χ0) is 19.5. The van der Waals surface area contributed by atoms with Gasteiger partial charge in [0.25, 0.3) is 5.91 Å². The molecule has 0 unspecified atom stereocenters. The first-order chi connectivity index (χ1) is 13.6. The topological polar surface area (TPSA) is 88.3 Å². The quantitative estimate of drug-likeness (QED) is 0.509. The van der Waals surface area contributed by atoms with E-state index >= 15 is 0 Å². The SMILES string of the molecule is O=C(CCN1C(=O)/C(=C\c2ccco2)SC1=S)Nc1ccc2nccnc2c1. The van der Waals surface area contributed by atoms with E-state index in [4.69, 9.17) is 16.6 Å². The Bertz CT molecular complexity index is 1100. The number of hydrogen-bond donors (Lipinski definition) is 1. The number of carbonyl (C=O) groups is 2. The van der Waals surface area contributed by atoms with Crippen LogP contribution in [0.5, 0.6) is 0 Å². The number of carbonyl (C=O) groups excluding carboxylic acids is 2. The summed E-state index contributed by atoms with van der Waals surface area (Å²) in [5.74, 6) is 0.144. The minimum Gasteiger partial charge on any atom is -0.465 e. The lowest BCUT2D eigenvalue weighted by molar-refractivity contribution is -0.122. The predicted octanol–water partition coefficient (Wildman–Crippen LogP) is 3.45. The molecule has 0 saturated carbocycles. The van der Waals surface area contributed by atoms with Crippen molar-refractivity contribution in [3.05, 3.63) is 59.7 Å². The standard InChI is InChI=1S/C19H14N4O3S2/c24-17(22-12-3-4-14-15(10-12)21-7-6-20-14)5-8-23-18(25)16(28-19(23)27)11-13-2-1-9-26-13/h1-4,6-7,9-11H,5,8H2,(H,22,24)/b16-11+. The van der Waals surface area contributed by atoms with Gasteiger partial charge in [-0.05, 0) is 30.3 Å². The van der Waals surface area contributed by atoms with Gasteiger partial charge >= 0.3 is 0 Å². The molecule has 1 saturated heterocycles. The average Bonchev–Trinajstić information content (AvgIpc) is 3.29. The van der Waals surface area contributed by atoms with Crippen molar-refractivity contribution in [2.24, 2.45) is 0 Å². The van der Waals surface area contributed by atoms with Crippen molar-refractivity contribution in [1.82, 2.24) is 14.9 Å². The highest BCUT2D eigenvalue weighted by atomic mass is 32.2. The second-order valence-corrected chi connectivity index (χ2v) is 7.58. The number of aromatic nitrogens is 2. The van der Waals surface area contributed by atoms with Crippen LogP contribution in [0.3, 0.4) is 0 Å². The summed E-state index contributed by atoms with van der Waals surface area (Å²) in [4.78, 5) is 35.1. The van der Waals surface area contributed by atoms with Gasteiger partial charge in [0, 0.05) is 37.1 Å². The molecular weight excluding hydrogens is 396 g/mol. The van der Waals surface area contributed by atoms with E-state index < -0.39 is 0 Å². The molecule has 3 aromatic rings. The molecule has 4 rings (SSSR count). The van der Waals surface area contributed by atoms with E-state index in [0.29, 0.717) is 26.2 Å². The largest absolute Gasteiger partial charge is 0.465 e. The zero-order valence-electron chi connectivity index (χ0n) is 14.5. The number of furan rings is 1. The van der Waals surface area contributed by atoms with Gasteiger partial charge in [-0.2, -0.15) is 0 Å². The fraction of sp³-hybridized carbons (Fsp3) is 0.105. The van der Waals surface area contributed by atoms with Gasteiger partial charge in [0.15, 0.2) is 0 Å². The van der Waals surface area contributed by atoms with Gasteiger partial charge < -0.3 is 9.73 Å². The third-order valence-corrected chi connectivity index (χ3v) is 5.38. The van der Waals surface area contributed by atoms with Crippen LogP contribution in [0, 0.1) is 0 Å². The second-order valence-electron chi connectivity index (χ2n) is 5.91. The fourth-order valence-corrected chi connectivity index (χ4v) is 3.96. The number of amides is 2. The molecule has 1 aliphatic heterocycles.